The van der Waals surface area contributed by atoms with E-state index in [9.17, 15) is 4.79 Å². The van der Waals surface area contributed by atoms with Crippen LogP contribution in [-0.4, -0.2) is 43.8 Å². The second-order valence-corrected chi connectivity index (χ2v) is 6.65. The summed E-state index contributed by atoms with van der Waals surface area (Å²) >= 11 is 0. The van der Waals surface area contributed by atoms with Gasteiger partial charge in [-0.15, -0.1) is 0 Å². The van der Waals surface area contributed by atoms with E-state index < -0.39 is 0 Å². The Balaban J connectivity index is 1.57. The highest BCUT2D eigenvalue weighted by atomic mass is 16.5. The van der Waals surface area contributed by atoms with Crippen molar-refractivity contribution in [3.05, 3.63) is 29.3 Å². The summed E-state index contributed by atoms with van der Waals surface area (Å²) in [6.45, 7) is 4.83. The summed E-state index contributed by atoms with van der Waals surface area (Å²) in [4.78, 5) is 13.9. The van der Waals surface area contributed by atoms with Crippen molar-refractivity contribution in [2.24, 2.45) is 5.92 Å². The average Bonchev–Trinajstić information content (AvgIpc) is 3.27. The molecule has 1 aromatic rings. The van der Waals surface area contributed by atoms with Gasteiger partial charge in [-0.2, -0.15) is 0 Å². The number of nitrogens with zero attached hydrogens (tertiary/aromatic N) is 1. The molecule has 1 heterocycles. The molecule has 3 rings (SSSR count). The van der Waals surface area contributed by atoms with Gasteiger partial charge in [0.2, 0.25) is 0 Å². The summed E-state index contributed by atoms with van der Waals surface area (Å²) in [5, 5.41) is 2.99. The van der Waals surface area contributed by atoms with Crippen molar-refractivity contribution in [3.8, 4) is 5.75 Å². The lowest BCUT2D eigenvalue weighted by Crippen LogP contribution is -2.38. The van der Waals surface area contributed by atoms with Gasteiger partial charge in [-0.1, -0.05) is 12.1 Å². The Morgan fingerprint density at radius 2 is 2.22 bits per heavy atom. The Labute approximate surface area is 137 Å². The molecular weight excluding hydrogens is 292 g/mol. The molecule has 1 aromatic carbocycles. The summed E-state index contributed by atoms with van der Waals surface area (Å²) < 4.78 is 11.4. The van der Waals surface area contributed by atoms with Crippen LogP contribution in [0, 0.1) is 12.8 Å². The molecule has 0 aromatic heterocycles. The Kier molecular flexibility index (Phi) is 5.06. The SMILES string of the molecule is Cc1ccc(CNC(=O)N(C)C2CC2)c(OCC2CCOC2)c1. The van der Waals surface area contributed by atoms with Crippen LogP contribution >= 0.6 is 0 Å². The molecule has 5 nitrogen and oxygen atoms in total. The van der Waals surface area contributed by atoms with Gasteiger partial charge in [0, 0.05) is 37.7 Å². The molecule has 0 bridgehead atoms. The van der Waals surface area contributed by atoms with Crippen molar-refractivity contribution in [1.29, 1.82) is 0 Å². The van der Waals surface area contributed by atoms with Gasteiger partial charge < -0.3 is 19.7 Å². The van der Waals surface area contributed by atoms with Crippen LogP contribution in [0.15, 0.2) is 18.2 Å². The van der Waals surface area contributed by atoms with E-state index in [1.54, 1.807) is 4.90 Å². The Bertz CT molecular complexity index is 551. The highest BCUT2D eigenvalue weighted by Crippen LogP contribution is 2.26. The predicted octanol–water partition coefficient (Wildman–Crippen LogP) is 2.71. The molecule has 5 heteroatoms. The number of urea groups is 1. The highest BCUT2D eigenvalue weighted by Gasteiger charge is 2.29. The van der Waals surface area contributed by atoms with Crippen LogP contribution in [0.2, 0.25) is 0 Å². The number of nitrogens with one attached hydrogen (secondary N) is 1. The van der Waals surface area contributed by atoms with Gasteiger partial charge >= 0.3 is 6.03 Å². The standard InChI is InChI=1S/C18H26N2O3/c1-13-3-4-15(10-19-18(21)20(2)16-5-6-16)17(9-13)23-12-14-7-8-22-11-14/h3-4,9,14,16H,5-8,10-12H2,1-2H3,(H,19,21). The second-order valence-electron chi connectivity index (χ2n) is 6.65. The molecular formula is C18H26N2O3. The van der Waals surface area contributed by atoms with E-state index in [0.717, 1.165) is 49.4 Å². The van der Waals surface area contributed by atoms with E-state index >= 15 is 0 Å². The predicted molar refractivity (Wildman–Crippen MR) is 88.6 cm³/mol. The molecule has 1 unspecified atom stereocenters. The zero-order chi connectivity index (χ0) is 16.2. The average molecular weight is 318 g/mol. The summed E-state index contributed by atoms with van der Waals surface area (Å²) in [6, 6.07) is 6.54. The Hall–Kier alpha value is -1.75. The first-order valence-corrected chi connectivity index (χ1v) is 8.44. The molecule has 2 amide bonds. The van der Waals surface area contributed by atoms with Crippen LogP contribution in [0.25, 0.3) is 0 Å². The fourth-order valence-electron chi connectivity index (χ4n) is 2.79. The second kappa shape index (κ2) is 7.21. The lowest BCUT2D eigenvalue weighted by Gasteiger charge is -2.19. The van der Waals surface area contributed by atoms with Crippen molar-refractivity contribution in [2.45, 2.75) is 38.8 Å². The van der Waals surface area contributed by atoms with Crippen LogP contribution in [0.5, 0.6) is 5.75 Å². The Morgan fingerprint density at radius 1 is 1.39 bits per heavy atom. The van der Waals surface area contributed by atoms with Crippen LogP contribution in [-0.2, 0) is 11.3 Å². The van der Waals surface area contributed by atoms with Crippen LogP contribution in [0.1, 0.15) is 30.4 Å². The van der Waals surface area contributed by atoms with E-state index in [0.29, 0.717) is 25.1 Å². The van der Waals surface area contributed by atoms with Crippen LogP contribution in [0.3, 0.4) is 0 Å². The fraction of sp³-hybridized carbons (Fsp3) is 0.611. The maximum absolute atomic E-state index is 12.1. The summed E-state index contributed by atoms with van der Waals surface area (Å²) in [7, 11) is 1.86. The normalized spacial score (nSPS) is 20.3. The van der Waals surface area contributed by atoms with E-state index in [1.165, 1.54) is 0 Å². The first-order valence-electron chi connectivity index (χ1n) is 8.44. The molecule has 1 saturated heterocycles. The summed E-state index contributed by atoms with van der Waals surface area (Å²) in [5.74, 6) is 1.34. The van der Waals surface area contributed by atoms with Crippen LogP contribution in [0.4, 0.5) is 4.79 Å². The summed E-state index contributed by atoms with van der Waals surface area (Å²) in [5.41, 5.74) is 2.18. The number of carbonyl (C=O) groups excluding carboxylic acids is 1. The monoisotopic (exact) mass is 318 g/mol. The van der Waals surface area contributed by atoms with Crippen molar-refractivity contribution in [3.63, 3.8) is 0 Å². The smallest absolute Gasteiger partial charge is 0.317 e. The number of carbonyl (C=O) groups is 1. The number of rotatable bonds is 6. The first kappa shape index (κ1) is 16.1. The first-order chi connectivity index (χ1) is 11.1. The third-order valence-corrected chi connectivity index (χ3v) is 4.57. The molecule has 1 aliphatic carbocycles. The van der Waals surface area contributed by atoms with E-state index in [-0.39, 0.29) is 6.03 Å². The molecule has 1 N–H and O–H groups in total. The topological polar surface area (TPSA) is 50.8 Å². The molecule has 1 atom stereocenters. The quantitative estimate of drug-likeness (QED) is 0.877. The van der Waals surface area contributed by atoms with Crippen molar-refractivity contribution < 1.29 is 14.3 Å². The minimum absolute atomic E-state index is 0.0109. The molecule has 1 saturated carbocycles. The molecule has 2 aliphatic rings. The van der Waals surface area contributed by atoms with E-state index in [1.807, 2.05) is 19.2 Å². The molecule has 23 heavy (non-hydrogen) atoms. The van der Waals surface area contributed by atoms with Gasteiger partial charge in [0.25, 0.3) is 0 Å². The fourth-order valence-corrected chi connectivity index (χ4v) is 2.79. The number of hydrogen-bond donors (Lipinski definition) is 1. The number of hydrogen-bond acceptors (Lipinski definition) is 3. The van der Waals surface area contributed by atoms with Gasteiger partial charge in [0.15, 0.2) is 0 Å². The number of ether oxygens (including phenoxy) is 2. The molecule has 126 valence electrons. The number of amides is 2. The molecule has 0 spiro atoms. The maximum atomic E-state index is 12.1. The lowest BCUT2D eigenvalue weighted by molar-refractivity contribution is 0.166. The number of benzene rings is 1. The third kappa shape index (κ3) is 4.38. The van der Waals surface area contributed by atoms with Crippen molar-refractivity contribution >= 4 is 6.03 Å². The van der Waals surface area contributed by atoms with Crippen LogP contribution < -0.4 is 10.1 Å². The van der Waals surface area contributed by atoms with E-state index in [2.05, 4.69) is 18.3 Å². The van der Waals surface area contributed by atoms with E-state index in [4.69, 9.17) is 9.47 Å². The van der Waals surface area contributed by atoms with Crippen molar-refractivity contribution in [2.75, 3.05) is 26.9 Å². The summed E-state index contributed by atoms with van der Waals surface area (Å²) in [6.07, 6.45) is 3.29. The van der Waals surface area contributed by atoms with Gasteiger partial charge in [-0.25, -0.2) is 4.79 Å². The van der Waals surface area contributed by atoms with Gasteiger partial charge in [0.1, 0.15) is 5.75 Å². The van der Waals surface area contributed by atoms with Crippen molar-refractivity contribution in [1.82, 2.24) is 10.2 Å². The zero-order valence-electron chi connectivity index (χ0n) is 14.0. The van der Waals surface area contributed by atoms with Gasteiger partial charge in [0.05, 0.1) is 13.2 Å². The molecule has 2 fully saturated rings. The number of aryl methyl sites for hydroxylation is 1. The third-order valence-electron chi connectivity index (χ3n) is 4.57. The lowest BCUT2D eigenvalue weighted by atomic mass is 10.1. The largest absolute Gasteiger partial charge is 0.493 e. The van der Waals surface area contributed by atoms with Gasteiger partial charge in [-0.3, -0.25) is 0 Å². The minimum Gasteiger partial charge on any atom is -0.493 e. The highest BCUT2D eigenvalue weighted by molar-refractivity contribution is 5.74. The molecule has 1 aliphatic heterocycles. The zero-order valence-corrected chi connectivity index (χ0v) is 14.0. The van der Waals surface area contributed by atoms with Gasteiger partial charge in [-0.05, 0) is 37.8 Å². The minimum atomic E-state index is -0.0109. The Morgan fingerprint density at radius 3 is 2.91 bits per heavy atom. The molecule has 0 radical (unpaired) electrons. The maximum Gasteiger partial charge on any atom is 0.317 e.